The molecule has 0 bridgehead atoms. The number of aryl methyl sites for hydroxylation is 1. The number of thioether (sulfide) groups is 1. The number of hydrogen-bond donors (Lipinski definition) is 1. The second-order valence-corrected chi connectivity index (χ2v) is 5.57. The Hall–Kier alpha value is -1.14. The van der Waals surface area contributed by atoms with Gasteiger partial charge in [0, 0.05) is 24.7 Å². The van der Waals surface area contributed by atoms with E-state index in [9.17, 15) is 0 Å². The largest absolute Gasteiger partial charge is 0.388 e. The SMILES string of the molecule is CNc1ccnc(CSc2nnc(C)s2)c1. The van der Waals surface area contributed by atoms with Crippen LogP contribution in [0.2, 0.25) is 0 Å². The first-order chi connectivity index (χ1) is 7.78. The summed E-state index contributed by atoms with van der Waals surface area (Å²) in [6.45, 7) is 1.96. The molecule has 0 radical (unpaired) electrons. The van der Waals surface area contributed by atoms with Gasteiger partial charge >= 0.3 is 0 Å². The van der Waals surface area contributed by atoms with Gasteiger partial charge in [-0.1, -0.05) is 23.1 Å². The van der Waals surface area contributed by atoms with Gasteiger partial charge in [-0.25, -0.2) is 0 Å². The maximum atomic E-state index is 4.30. The average Bonchev–Trinajstić information content (AvgIpc) is 2.73. The van der Waals surface area contributed by atoms with Gasteiger partial charge in [0.15, 0.2) is 4.34 Å². The van der Waals surface area contributed by atoms with Crippen molar-refractivity contribution in [2.75, 3.05) is 12.4 Å². The lowest BCUT2D eigenvalue weighted by atomic mass is 10.3. The highest BCUT2D eigenvalue weighted by Crippen LogP contribution is 2.25. The van der Waals surface area contributed by atoms with Gasteiger partial charge in [0.1, 0.15) is 5.01 Å². The topological polar surface area (TPSA) is 50.7 Å². The number of anilines is 1. The van der Waals surface area contributed by atoms with Crippen LogP contribution in [0.25, 0.3) is 0 Å². The molecule has 0 saturated heterocycles. The number of rotatable bonds is 4. The third kappa shape index (κ3) is 2.93. The van der Waals surface area contributed by atoms with Gasteiger partial charge in [-0.2, -0.15) is 0 Å². The summed E-state index contributed by atoms with van der Waals surface area (Å²) in [5.74, 6) is 0.824. The summed E-state index contributed by atoms with van der Waals surface area (Å²) >= 11 is 3.28. The van der Waals surface area contributed by atoms with E-state index >= 15 is 0 Å². The molecule has 2 rings (SSSR count). The van der Waals surface area contributed by atoms with Gasteiger partial charge in [-0.05, 0) is 19.1 Å². The molecule has 4 nitrogen and oxygen atoms in total. The number of hydrogen-bond acceptors (Lipinski definition) is 6. The number of nitrogens with one attached hydrogen (secondary N) is 1. The normalized spacial score (nSPS) is 10.4. The van der Waals surface area contributed by atoms with Gasteiger partial charge < -0.3 is 5.32 Å². The highest BCUT2D eigenvalue weighted by molar-refractivity contribution is 8.00. The molecule has 0 fully saturated rings. The van der Waals surface area contributed by atoms with Crippen molar-refractivity contribution < 1.29 is 0 Å². The smallest absolute Gasteiger partial charge is 0.174 e. The first-order valence-electron chi connectivity index (χ1n) is 4.83. The van der Waals surface area contributed by atoms with E-state index in [-0.39, 0.29) is 0 Å². The molecule has 1 N–H and O–H groups in total. The van der Waals surface area contributed by atoms with Crippen molar-refractivity contribution in [3.05, 3.63) is 29.0 Å². The molecule has 0 aliphatic heterocycles. The fraction of sp³-hybridized carbons (Fsp3) is 0.300. The molecule has 2 aromatic rings. The Morgan fingerprint density at radius 1 is 1.44 bits per heavy atom. The minimum Gasteiger partial charge on any atom is -0.388 e. The standard InChI is InChI=1S/C10H12N4S2/c1-7-13-14-10(16-7)15-6-9-5-8(11-2)3-4-12-9/h3-5H,6H2,1-2H3,(H,11,12). The zero-order chi connectivity index (χ0) is 11.4. The zero-order valence-electron chi connectivity index (χ0n) is 9.10. The Morgan fingerprint density at radius 2 is 2.31 bits per heavy atom. The predicted molar refractivity (Wildman–Crippen MR) is 68.0 cm³/mol. The Morgan fingerprint density at radius 3 is 3.00 bits per heavy atom. The van der Waals surface area contributed by atoms with Crippen molar-refractivity contribution in [3.63, 3.8) is 0 Å². The minimum atomic E-state index is 0.824. The lowest BCUT2D eigenvalue weighted by Gasteiger charge is -2.02. The second-order valence-electron chi connectivity index (χ2n) is 3.16. The molecule has 16 heavy (non-hydrogen) atoms. The lowest BCUT2D eigenvalue weighted by Crippen LogP contribution is -1.92. The summed E-state index contributed by atoms with van der Waals surface area (Å²) in [5.41, 5.74) is 2.13. The molecule has 6 heteroatoms. The Kier molecular flexibility index (Phi) is 3.74. The zero-order valence-corrected chi connectivity index (χ0v) is 10.7. The molecule has 0 unspecified atom stereocenters. The van der Waals surface area contributed by atoms with E-state index in [1.165, 1.54) is 0 Å². The molecule has 84 valence electrons. The fourth-order valence-corrected chi connectivity index (χ4v) is 2.90. The third-order valence-corrected chi connectivity index (χ3v) is 3.96. The molecule has 2 heterocycles. The highest BCUT2D eigenvalue weighted by Gasteiger charge is 2.03. The van der Waals surface area contributed by atoms with E-state index in [1.54, 1.807) is 23.1 Å². The van der Waals surface area contributed by atoms with Crippen LogP contribution in [0.15, 0.2) is 22.7 Å². The fourth-order valence-electron chi connectivity index (χ4n) is 1.19. The molecule has 2 aromatic heterocycles. The van der Waals surface area contributed by atoms with Crippen LogP contribution >= 0.6 is 23.1 Å². The summed E-state index contributed by atoms with van der Waals surface area (Å²) in [7, 11) is 1.90. The molecule has 0 saturated carbocycles. The van der Waals surface area contributed by atoms with Crippen molar-refractivity contribution in [3.8, 4) is 0 Å². The van der Waals surface area contributed by atoms with Crippen LogP contribution in [-0.4, -0.2) is 22.2 Å². The molecule has 0 aliphatic carbocycles. The summed E-state index contributed by atoms with van der Waals surface area (Å²) < 4.78 is 0.995. The van der Waals surface area contributed by atoms with Crippen molar-refractivity contribution >= 4 is 28.8 Å². The van der Waals surface area contributed by atoms with E-state index in [2.05, 4.69) is 20.5 Å². The molecule has 0 atom stereocenters. The maximum Gasteiger partial charge on any atom is 0.174 e. The maximum absolute atomic E-state index is 4.30. The van der Waals surface area contributed by atoms with Crippen molar-refractivity contribution in [1.82, 2.24) is 15.2 Å². The quantitative estimate of drug-likeness (QED) is 0.848. The lowest BCUT2D eigenvalue weighted by molar-refractivity contribution is 0.983. The van der Waals surface area contributed by atoms with Crippen molar-refractivity contribution in [1.29, 1.82) is 0 Å². The monoisotopic (exact) mass is 252 g/mol. The van der Waals surface area contributed by atoms with Crippen LogP contribution in [0.3, 0.4) is 0 Å². The van der Waals surface area contributed by atoms with Crippen LogP contribution in [0.4, 0.5) is 5.69 Å². The van der Waals surface area contributed by atoms with Gasteiger partial charge in [-0.15, -0.1) is 10.2 Å². The van der Waals surface area contributed by atoms with Gasteiger partial charge in [0.2, 0.25) is 0 Å². The molecule has 0 aromatic carbocycles. The predicted octanol–water partition coefficient (Wildman–Crippen LogP) is 2.58. The van der Waals surface area contributed by atoms with E-state index in [0.717, 1.165) is 26.5 Å². The second kappa shape index (κ2) is 5.27. The Balaban J connectivity index is 1.99. The average molecular weight is 252 g/mol. The van der Waals surface area contributed by atoms with Crippen LogP contribution < -0.4 is 5.32 Å². The number of aromatic nitrogens is 3. The first kappa shape index (κ1) is 11.3. The van der Waals surface area contributed by atoms with Crippen molar-refractivity contribution in [2.45, 2.75) is 17.0 Å². The molecule has 0 aliphatic rings. The molecular formula is C10H12N4S2. The van der Waals surface area contributed by atoms with Gasteiger partial charge in [0.05, 0.1) is 5.69 Å². The Bertz CT molecular complexity index is 469. The Labute approximate surface area is 103 Å². The van der Waals surface area contributed by atoms with E-state index in [1.807, 2.05) is 32.3 Å². The van der Waals surface area contributed by atoms with E-state index in [0.29, 0.717) is 0 Å². The van der Waals surface area contributed by atoms with Gasteiger partial charge in [-0.3, -0.25) is 4.98 Å². The van der Waals surface area contributed by atoms with Crippen molar-refractivity contribution in [2.24, 2.45) is 0 Å². The third-order valence-electron chi connectivity index (χ3n) is 1.96. The van der Waals surface area contributed by atoms with Crippen LogP contribution in [0.1, 0.15) is 10.7 Å². The summed E-state index contributed by atoms with van der Waals surface area (Å²) in [6.07, 6.45) is 1.81. The summed E-state index contributed by atoms with van der Waals surface area (Å²) in [4.78, 5) is 4.30. The van der Waals surface area contributed by atoms with E-state index < -0.39 is 0 Å². The first-order valence-corrected chi connectivity index (χ1v) is 6.64. The molecular weight excluding hydrogens is 240 g/mol. The summed E-state index contributed by atoms with van der Waals surface area (Å²) in [5, 5.41) is 12.1. The highest BCUT2D eigenvalue weighted by atomic mass is 32.2. The summed E-state index contributed by atoms with van der Waals surface area (Å²) in [6, 6.07) is 3.99. The minimum absolute atomic E-state index is 0.824. The van der Waals surface area contributed by atoms with Crippen LogP contribution in [-0.2, 0) is 5.75 Å². The van der Waals surface area contributed by atoms with Gasteiger partial charge in [0.25, 0.3) is 0 Å². The molecule has 0 amide bonds. The number of nitrogens with zero attached hydrogens (tertiary/aromatic N) is 3. The number of pyridine rings is 1. The van der Waals surface area contributed by atoms with Crippen LogP contribution in [0, 0.1) is 6.92 Å². The molecule has 0 spiro atoms. The van der Waals surface area contributed by atoms with Crippen LogP contribution in [0.5, 0.6) is 0 Å². The van der Waals surface area contributed by atoms with E-state index in [4.69, 9.17) is 0 Å².